The van der Waals surface area contributed by atoms with Crippen molar-refractivity contribution in [2.45, 2.75) is 38.6 Å². The summed E-state index contributed by atoms with van der Waals surface area (Å²) < 4.78 is 5.54. The van der Waals surface area contributed by atoms with E-state index < -0.39 is 0 Å². The Labute approximate surface area is 142 Å². The zero-order valence-corrected chi connectivity index (χ0v) is 14.1. The molecule has 1 saturated carbocycles. The second kappa shape index (κ2) is 7.55. The van der Waals surface area contributed by atoms with E-state index in [1.165, 1.54) is 0 Å². The monoisotopic (exact) mass is 331 g/mol. The van der Waals surface area contributed by atoms with Crippen molar-refractivity contribution in [2.75, 3.05) is 25.0 Å². The maximum absolute atomic E-state index is 12.5. The Morgan fingerprint density at radius 3 is 2.54 bits per heavy atom. The van der Waals surface area contributed by atoms with E-state index in [9.17, 15) is 9.59 Å². The number of nitrogens with zero attached hydrogens (tertiary/aromatic N) is 1. The highest BCUT2D eigenvalue weighted by atomic mass is 16.5. The molecule has 24 heavy (non-hydrogen) atoms. The summed E-state index contributed by atoms with van der Waals surface area (Å²) in [4.78, 5) is 26.3. The summed E-state index contributed by atoms with van der Waals surface area (Å²) in [5.74, 6) is 0.628. The average molecular weight is 331 g/mol. The van der Waals surface area contributed by atoms with Gasteiger partial charge in [0.15, 0.2) is 0 Å². The Hall–Kier alpha value is -2.24. The molecule has 0 unspecified atom stereocenters. The first-order chi connectivity index (χ1) is 11.7. The summed E-state index contributed by atoms with van der Waals surface area (Å²) in [6.07, 6.45) is 3.56. The van der Waals surface area contributed by atoms with Crippen LogP contribution in [0.1, 0.15) is 32.6 Å². The number of hydrogen-bond donors (Lipinski definition) is 2. The fourth-order valence-corrected chi connectivity index (χ4v) is 2.92. The summed E-state index contributed by atoms with van der Waals surface area (Å²) >= 11 is 0. The third-order valence-corrected chi connectivity index (χ3v) is 4.50. The summed E-state index contributed by atoms with van der Waals surface area (Å²) in [5.41, 5.74) is 0.707. The molecule has 1 heterocycles. The molecule has 0 radical (unpaired) electrons. The molecule has 0 bridgehead atoms. The van der Waals surface area contributed by atoms with Crippen molar-refractivity contribution in [3.05, 3.63) is 24.3 Å². The third kappa shape index (κ3) is 4.19. The molecule has 6 nitrogen and oxygen atoms in total. The molecule has 3 amide bonds. The van der Waals surface area contributed by atoms with Crippen LogP contribution in [0.3, 0.4) is 0 Å². The minimum Gasteiger partial charge on any atom is -0.492 e. The number of amides is 3. The first-order valence-corrected chi connectivity index (χ1v) is 8.75. The van der Waals surface area contributed by atoms with Gasteiger partial charge >= 0.3 is 6.03 Å². The zero-order chi connectivity index (χ0) is 16.9. The molecule has 6 heteroatoms. The van der Waals surface area contributed by atoms with Gasteiger partial charge in [-0.05, 0) is 44.7 Å². The number of para-hydroxylation sites is 2. The van der Waals surface area contributed by atoms with Crippen molar-refractivity contribution in [3.8, 4) is 5.75 Å². The van der Waals surface area contributed by atoms with Crippen LogP contribution in [0.4, 0.5) is 10.5 Å². The van der Waals surface area contributed by atoms with Gasteiger partial charge in [-0.1, -0.05) is 12.1 Å². The van der Waals surface area contributed by atoms with E-state index in [0.717, 1.165) is 12.8 Å². The number of piperidine rings is 1. The molecular formula is C18H25N3O3. The summed E-state index contributed by atoms with van der Waals surface area (Å²) in [5, 5.41) is 5.97. The van der Waals surface area contributed by atoms with Gasteiger partial charge in [-0.3, -0.25) is 4.79 Å². The number of anilines is 1. The second-order valence-electron chi connectivity index (χ2n) is 6.40. The first kappa shape index (κ1) is 16.6. The van der Waals surface area contributed by atoms with Crippen molar-refractivity contribution in [3.63, 3.8) is 0 Å². The highest BCUT2D eigenvalue weighted by Gasteiger charge is 2.30. The van der Waals surface area contributed by atoms with Crippen LogP contribution in [-0.4, -0.2) is 42.6 Å². The Balaban J connectivity index is 1.51. The van der Waals surface area contributed by atoms with Gasteiger partial charge in [0, 0.05) is 25.0 Å². The van der Waals surface area contributed by atoms with Crippen LogP contribution in [0, 0.1) is 5.92 Å². The Bertz CT molecular complexity index is 593. The third-order valence-electron chi connectivity index (χ3n) is 4.50. The molecule has 0 aromatic heterocycles. The topological polar surface area (TPSA) is 70.7 Å². The quantitative estimate of drug-likeness (QED) is 0.871. The highest BCUT2D eigenvalue weighted by Crippen LogP contribution is 2.26. The van der Waals surface area contributed by atoms with Crippen molar-refractivity contribution in [1.29, 1.82) is 0 Å². The summed E-state index contributed by atoms with van der Waals surface area (Å²) in [6.45, 7) is 3.73. The van der Waals surface area contributed by atoms with Crippen LogP contribution in [0.25, 0.3) is 0 Å². The first-order valence-electron chi connectivity index (χ1n) is 8.75. The fourth-order valence-electron chi connectivity index (χ4n) is 2.92. The lowest BCUT2D eigenvalue weighted by molar-refractivity contribution is -0.121. The number of benzene rings is 1. The van der Waals surface area contributed by atoms with Crippen LogP contribution >= 0.6 is 0 Å². The molecule has 1 aromatic rings. The van der Waals surface area contributed by atoms with Crippen LogP contribution in [-0.2, 0) is 4.79 Å². The van der Waals surface area contributed by atoms with E-state index in [1.54, 1.807) is 0 Å². The van der Waals surface area contributed by atoms with Crippen LogP contribution < -0.4 is 15.4 Å². The van der Waals surface area contributed by atoms with Gasteiger partial charge in [-0.2, -0.15) is 0 Å². The minimum atomic E-state index is -0.0651. The van der Waals surface area contributed by atoms with Crippen molar-refractivity contribution in [2.24, 2.45) is 5.92 Å². The van der Waals surface area contributed by atoms with E-state index in [2.05, 4.69) is 10.6 Å². The molecule has 2 N–H and O–H groups in total. The van der Waals surface area contributed by atoms with E-state index in [-0.39, 0.29) is 17.9 Å². The molecule has 2 aliphatic rings. The highest BCUT2D eigenvalue weighted by molar-refractivity contribution is 5.94. The number of rotatable bonds is 5. The summed E-state index contributed by atoms with van der Waals surface area (Å²) in [6, 6.07) is 7.85. The Morgan fingerprint density at radius 1 is 1.17 bits per heavy atom. The maximum atomic E-state index is 12.5. The van der Waals surface area contributed by atoms with Gasteiger partial charge in [0.05, 0.1) is 12.3 Å². The second-order valence-corrected chi connectivity index (χ2v) is 6.40. The number of carbonyl (C=O) groups excluding carboxylic acids is 2. The molecule has 1 aromatic carbocycles. The lowest BCUT2D eigenvalue weighted by atomic mass is 9.96. The Kier molecular flexibility index (Phi) is 5.23. The largest absolute Gasteiger partial charge is 0.492 e. The van der Waals surface area contributed by atoms with Crippen molar-refractivity contribution < 1.29 is 14.3 Å². The number of carbonyl (C=O) groups is 2. The average Bonchev–Trinajstić information content (AvgIpc) is 3.41. The maximum Gasteiger partial charge on any atom is 0.317 e. The molecule has 2 fully saturated rings. The van der Waals surface area contributed by atoms with E-state index in [1.807, 2.05) is 36.1 Å². The smallest absolute Gasteiger partial charge is 0.317 e. The fraction of sp³-hybridized carbons (Fsp3) is 0.556. The SMILES string of the molecule is CCOc1ccccc1NC(=O)C1CCN(C(=O)NC2CC2)CC1. The molecule has 0 atom stereocenters. The van der Waals surface area contributed by atoms with E-state index in [4.69, 9.17) is 4.74 Å². The molecule has 1 aliphatic heterocycles. The number of ether oxygens (including phenoxy) is 1. The molecule has 1 saturated heterocycles. The van der Waals surface area contributed by atoms with Crippen LogP contribution in [0.15, 0.2) is 24.3 Å². The standard InChI is InChI=1S/C18H25N3O3/c1-2-24-16-6-4-3-5-15(16)20-17(22)13-9-11-21(12-10-13)18(23)19-14-7-8-14/h3-6,13-14H,2,7-12H2,1H3,(H,19,23)(H,20,22). The Morgan fingerprint density at radius 2 is 1.88 bits per heavy atom. The predicted octanol–water partition coefficient (Wildman–Crippen LogP) is 2.61. The molecule has 3 rings (SSSR count). The lowest BCUT2D eigenvalue weighted by Crippen LogP contribution is -2.46. The summed E-state index contributed by atoms with van der Waals surface area (Å²) in [7, 11) is 0. The van der Waals surface area contributed by atoms with Crippen LogP contribution in [0.2, 0.25) is 0 Å². The minimum absolute atomic E-state index is 0.00408. The van der Waals surface area contributed by atoms with Gasteiger partial charge in [0.1, 0.15) is 5.75 Å². The van der Waals surface area contributed by atoms with Gasteiger partial charge < -0.3 is 20.3 Å². The zero-order valence-electron chi connectivity index (χ0n) is 14.1. The van der Waals surface area contributed by atoms with Crippen molar-refractivity contribution in [1.82, 2.24) is 10.2 Å². The van der Waals surface area contributed by atoms with Crippen molar-refractivity contribution >= 4 is 17.6 Å². The normalized spacial score (nSPS) is 18.1. The van der Waals surface area contributed by atoms with Gasteiger partial charge in [-0.25, -0.2) is 4.79 Å². The van der Waals surface area contributed by atoms with Gasteiger partial charge in [0.2, 0.25) is 5.91 Å². The molecule has 0 spiro atoms. The number of nitrogens with one attached hydrogen (secondary N) is 2. The molecule has 1 aliphatic carbocycles. The van der Waals surface area contributed by atoms with E-state index >= 15 is 0 Å². The molecule has 130 valence electrons. The van der Waals surface area contributed by atoms with Gasteiger partial charge in [-0.15, -0.1) is 0 Å². The van der Waals surface area contributed by atoms with E-state index in [0.29, 0.717) is 50.0 Å². The number of hydrogen-bond acceptors (Lipinski definition) is 3. The van der Waals surface area contributed by atoms with Gasteiger partial charge in [0.25, 0.3) is 0 Å². The predicted molar refractivity (Wildman–Crippen MR) is 92.1 cm³/mol. The lowest BCUT2D eigenvalue weighted by Gasteiger charge is -2.31. The molecular weight excluding hydrogens is 306 g/mol. The number of urea groups is 1. The number of likely N-dealkylation sites (tertiary alicyclic amines) is 1. The van der Waals surface area contributed by atoms with Crippen LogP contribution in [0.5, 0.6) is 5.75 Å².